The lowest BCUT2D eigenvalue weighted by atomic mass is 9.91. The Bertz CT molecular complexity index is 727. The number of carbonyl (C=O) groups is 1. The number of carbonyl (C=O) groups excluding carboxylic acids is 1. The van der Waals surface area contributed by atoms with Crippen molar-refractivity contribution in [3.63, 3.8) is 0 Å². The third-order valence-electron chi connectivity index (χ3n) is 5.91. The molecular formula is C20H30N2O3S. The zero-order valence-corrected chi connectivity index (χ0v) is 16.8. The summed E-state index contributed by atoms with van der Waals surface area (Å²) in [6, 6.07) is 7.56. The number of benzene rings is 1. The van der Waals surface area contributed by atoms with Gasteiger partial charge >= 0.3 is 0 Å². The molecule has 1 aromatic rings. The van der Waals surface area contributed by atoms with Gasteiger partial charge in [-0.3, -0.25) is 4.79 Å². The second-order valence-electron chi connectivity index (χ2n) is 7.87. The van der Waals surface area contributed by atoms with Crippen LogP contribution in [0, 0.1) is 12.8 Å². The average Bonchev–Trinajstić information content (AvgIpc) is 2.62. The smallest absolute Gasteiger partial charge is 0.243 e. The van der Waals surface area contributed by atoms with Crippen molar-refractivity contribution >= 4 is 15.9 Å². The molecule has 6 heteroatoms. The average molecular weight is 379 g/mol. The lowest BCUT2D eigenvalue weighted by molar-refractivity contribution is -0.143. The summed E-state index contributed by atoms with van der Waals surface area (Å²) in [7, 11) is -3.47. The molecule has 0 radical (unpaired) electrons. The van der Waals surface area contributed by atoms with Crippen LogP contribution in [0.25, 0.3) is 0 Å². The van der Waals surface area contributed by atoms with Crippen molar-refractivity contribution in [2.75, 3.05) is 13.1 Å². The van der Waals surface area contributed by atoms with Gasteiger partial charge in [0.2, 0.25) is 15.9 Å². The Kier molecular flexibility index (Phi) is 5.72. The van der Waals surface area contributed by atoms with E-state index in [-0.39, 0.29) is 11.8 Å². The topological polar surface area (TPSA) is 57.7 Å². The predicted molar refractivity (Wildman–Crippen MR) is 102 cm³/mol. The summed E-state index contributed by atoms with van der Waals surface area (Å²) in [5.41, 5.74) is 1.04. The molecule has 0 aromatic heterocycles. The minimum atomic E-state index is -3.47. The van der Waals surface area contributed by atoms with E-state index in [0.29, 0.717) is 42.9 Å². The molecule has 0 spiro atoms. The van der Waals surface area contributed by atoms with Crippen LogP contribution in [-0.2, 0) is 14.8 Å². The van der Waals surface area contributed by atoms with E-state index >= 15 is 0 Å². The van der Waals surface area contributed by atoms with Gasteiger partial charge in [-0.1, -0.05) is 17.7 Å². The number of nitrogens with zero attached hydrogens (tertiary/aromatic N) is 2. The number of aryl methyl sites for hydroxylation is 1. The molecule has 2 atom stereocenters. The van der Waals surface area contributed by atoms with Crippen LogP contribution in [0.3, 0.4) is 0 Å². The number of sulfonamides is 1. The zero-order valence-electron chi connectivity index (χ0n) is 16.0. The van der Waals surface area contributed by atoms with E-state index < -0.39 is 10.0 Å². The van der Waals surface area contributed by atoms with E-state index in [2.05, 4.69) is 18.7 Å². The summed E-state index contributed by atoms with van der Waals surface area (Å²) < 4.78 is 27.2. The standard InChI is InChI=1S/C20H30N2O3S/c1-15-7-9-19(10-8-15)26(24,25)21-13-11-18(12-14-21)20(23)22-16(2)5-4-6-17(22)3/h7-10,16-18H,4-6,11-14H2,1-3H3/t16-,17-/m1/s1. The maximum Gasteiger partial charge on any atom is 0.243 e. The Labute approximate surface area is 157 Å². The molecule has 0 unspecified atom stereocenters. The Morgan fingerprint density at radius 3 is 2.04 bits per heavy atom. The second kappa shape index (κ2) is 7.69. The molecule has 2 saturated heterocycles. The molecule has 26 heavy (non-hydrogen) atoms. The number of piperidine rings is 2. The highest BCUT2D eigenvalue weighted by Crippen LogP contribution is 2.29. The number of likely N-dealkylation sites (tertiary alicyclic amines) is 1. The van der Waals surface area contributed by atoms with Crippen molar-refractivity contribution < 1.29 is 13.2 Å². The van der Waals surface area contributed by atoms with Crippen LogP contribution in [0.4, 0.5) is 0 Å². The van der Waals surface area contributed by atoms with Crippen LogP contribution < -0.4 is 0 Å². The van der Waals surface area contributed by atoms with Gasteiger partial charge in [-0.15, -0.1) is 0 Å². The van der Waals surface area contributed by atoms with Crippen LogP contribution in [0.5, 0.6) is 0 Å². The van der Waals surface area contributed by atoms with E-state index in [1.807, 2.05) is 19.1 Å². The van der Waals surface area contributed by atoms with Crippen molar-refractivity contribution in [1.82, 2.24) is 9.21 Å². The first-order chi connectivity index (χ1) is 12.3. The third-order valence-corrected chi connectivity index (χ3v) is 7.82. The van der Waals surface area contributed by atoms with Crippen LogP contribution in [0.15, 0.2) is 29.2 Å². The molecular weight excluding hydrogens is 348 g/mol. The number of hydrogen-bond donors (Lipinski definition) is 0. The summed E-state index contributed by atoms with van der Waals surface area (Å²) in [6.07, 6.45) is 4.53. The van der Waals surface area contributed by atoms with Crippen LogP contribution in [-0.4, -0.2) is 48.7 Å². The first kappa shape index (κ1) is 19.4. The Morgan fingerprint density at radius 1 is 0.962 bits per heavy atom. The van der Waals surface area contributed by atoms with Crippen molar-refractivity contribution in [3.05, 3.63) is 29.8 Å². The molecule has 0 N–H and O–H groups in total. The number of amides is 1. The zero-order chi connectivity index (χ0) is 18.9. The lowest BCUT2D eigenvalue weighted by Crippen LogP contribution is -2.52. The van der Waals surface area contributed by atoms with E-state index in [4.69, 9.17) is 0 Å². The summed E-state index contributed by atoms with van der Waals surface area (Å²) >= 11 is 0. The van der Waals surface area contributed by atoms with E-state index in [1.54, 1.807) is 12.1 Å². The van der Waals surface area contributed by atoms with Gasteiger partial charge in [0.15, 0.2) is 0 Å². The van der Waals surface area contributed by atoms with Crippen molar-refractivity contribution in [2.24, 2.45) is 5.92 Å². The van der Waals surface area contributed by atoms with Crippen LogP contribution >= 0.6 is 0 Å². The van der Waals surface area contributed by atoms with Gasteiger partial charge in [-0.05, 0) is 65.0 Å². The maximum atomic E-state index is 13.0. The summed E-state index contributed by atoms with van der Waals surface area (Å²) in [4.78, 5) is 15.4. The van der Waals surface area contributed by atoms with Crippen LogP contribution in [0.2, 0.25) is 0 Å². The van der Waals surface area contributed by atoms with Crippen molar-refractivity contribution in [1.29, 1.82) is 0 Å². The van der Waals surface area contributed by atoms with Crippen LogP contribution in [0.1, 0.15) is 51.5 Å². The minimum absolute atomic E-state index is 0.0533. The Morgan fingerprint density at radius 2 is 1.50 bits per heavy atom. The molecule has 2 aliphatic rings. The molecule has 0 bridgehead atoms. The lowest BCUT2D eigenvalue weighted by Gasteiger charge is -2.42. The molecule has 1 amide bonds. The maximum absolute atomic E-state index is 13.0. The second-order valence-corrected chi connectivity index (χ2v) is 9.80. The minimum Gasteiger partial charge on any atom is -0.337 e. The molecule has 0 saturated carbocycles. The highest BCUT2D eigenvalue weighted by molar-refractivity contribution is 7.89. The monoisotopic (exact) mass is 378 g/mol. The Hall–Kier alpha value is -1.40. The van der Waals surface area contributed by atoms with Crippen molar-refractivity contribution in [3.8, 4) is 0 Å². The molecule has 2 aliphatic heterocycles. The fourth-order valence-electron chi connectivity index (χ4n) is 4.27. The summed E-state index contributed by atoms with van der Waals surface area (Å²) in [5.74, 6) is 0.166. The van der Waals surface area contributed by atoms with E-state index in [1.165, 1.54) is 10.7 Å². The predicted octanol–water partition coefficient (Wildman–Crippen LogP) is 3.19. The number of hydrogen-bond acceptors (Lipinski definition) is 3. The van der Waals surface area contributed by atoms with Gasteiger partial charge in [0, 0.05) is 31.1 Å². The molecule has 0 aliphatic carbocycles. The summed E-state index contributed by atoms with van der Waals surface area (Å²) in [5, 5.41) is 0. The quantitative estimate of drug-likeness (QED) is 0.812. The Balaban J connectivity index is 1.65. The number of rotatable bonds is 3. The first-order valence-corrected chi connectivity index (χ1v) is 11.1. The molecule has 3 rings (SSSR count). The van der Waals surface area contributed by atoms with Gasteiger partial charge < -0.3 is 4.90 Å². The van der Waals surface area contributed by atoms with Gasteiger partial charge in [-0.2, -0.15) is 4.31 Å². The SMILES string of the molecule is Cc1ccc(S(=O)(=O)N2CCC(C(=O)N3[C@H](C)CCC[C@H]3C)CC2)cc1. The van der Waals surface area contributed by atoms with Gasteiger partial charge in [0.1, 0.15) is 0 Å². The normalized spacial score (nSPS) is 26.0. The fraction of sp³-hybridized carbons (Fsp3) is 0.650. The van der Waals surface area contributed by atoms with Crippen molar-refractivity contribution in [2.45, 2.75) is 69.9 Å². The van der Waals surface area contributed by atoms with Gasteiger partial charge in [0.25, 0.3) is 0 Å². The molecule has 5 nitrogen and oxygen atoms in total. The highest BCUT2D eigenvalue weighted by atomic mass is 32.2. The third kappa shape index (κ3) is 3.81. The largest absolute Gasteiger partial charge is 0.337 e. The molecule has 144 valence electrons. The van der Waals surface area contributed by atoms with E-state index in [9.17, 15) is 13.2 Å². The van der Waals surface area contributed by atoms with Gasteiger partial charge in [0.05, 0.1) is 4.90 Å². The molecule has 2 fully saturated rings. The highest BCUT2D eigenvalue weighted by Gasteiger charge is 2.37. The molecule has 1 aromatic carbocycles. The molecule has 2 heterocycles. The fourth-order valence-corrected chi connectivity index (χ4v) is 5.74. The first-order valence-electron chi connectivity index (χ1n) is 9.69. The van der Waals surface area contributed by atoms with Gasteiger partial charge in [-0.25, -0.2) is 8.42 Å². The van der Waals surface area contributed by atoms with E-state index in [0.717, 1.165) is 18.4 Å². The summed E-state index contributed by atoms with van der Waals surface area (Å²) in [6.45, 7) is 7.04.